The van der Waals surface area contributed by atoms with Gasteiger partial charge in [-0.15, -0.1) is 0 Å². The molecule has 96 valence electrons. The van der Waals surface area contributed by atoms with Crippen molar-refractivity contribution in [3.05, 3.63) is 0 Å². The molecule has 0 amide bonds. The van der Waals surface area contributed by atoms with Crippen LogP contribution in [0.5, 0.6) is 0 Å². The van der Waals surface area contributed by atoms with Gasteiger partial charge in [0.25, 0.3) is 0 Å². The SMILES string of the molecule is CC(C)C1CC(NCCOCCO)CCO1. The third-order valence-corrected chi connectivity index (χ3v) is 2.97. The second kappa shape index (κ2) is 8.01. The highest BCUT2D eigenvalue weighted by Gasteiger charge is 2.24. The predicted molar refractivity (Wildman–Crippen MR) is 63.5 cm³/mol. The Balaban J connectivity index is 2.07. The van der Waals surface area contributed by atoms with Crippen molar-refractivity contribution in [3.63, 3.8) is 0 Å². The zero-order valence-corrected chi connectivity index (χ0v) is 10.4. The van der Waals surface area contributed by atoms with Gasteiger partial charge in [0.1, 0.15) is 0 Å². The van der Waals surface area contributed by atoms with Crippen LogP contribution < -0.4 is 5.32 Å². The third-order valence-electron chi connectivity index (χ3n) is 2.97. The molecule has 1 fully saturated rings. The molecule has 0 aromatic heterocycles. The highest BCUT2D eigenvalue weighted by molar-refractivity contribution is 4.78. The van der Waals surface area contributed by atoms with Gasteiger partial charge in [-0.05, 0) is 18.8 Å². The van der Waals surface area contributed by atoms with E-state index in [1.165, 1.54) is 0 Å². The molecule has 0 radical (unpaired) electrons. The average molecular weight is 231 g/mol. The van der Waals surface area contributed by atoms with Gasteiger partial charge in [-0.2, -0.15) is 0 Å². The van der Waals surface area contributed by atoms with Crippen molar-refractivity contribution in [3.8, 4) is 0 Å². The fourth-order valence-electron chi connectivity index (χ4n) is 1.98. The molecule has 2 N–H and O–H groups in total. The number of hydrogen-bond acceptors (Lipinski definition) is 4. The van der Waals surface area contributed by atoms with Crippen LogP contribution in [0.4, 0.5) is 0 Å². The summed E-state index contributed by atoms with van der Waals surface area (Å²) in [5, 5.41) is 12.0. The Bertz CT molecular complexity index is 176. The minimum absolute atomic E-state index is 0.104. The molecule has 1 aliphatic heterocycles. The highest BCUT2D eigenvalue weighted by atomic mass is 16.5. The Morgan fingerprint density at radius 3 is 2.94 bits per heavy atom. The van der Waals surface area contributed by atoms with Crippen molar-refractivity contribution >= 4 is 0 Å². The maximum Gasteiger partial charge on any atom is 0.0698 e. The molecule has 0 aromatic rings. The van der Waals surface area contributed by atoms with E-state index in [2.05, 4.69) is 19.2 Å². The molecular weight excluding hydrogens is 206 g/mol. The van der Waals surface area contributed by atoms with Crippen LogP contribution in [0, 0.1) is 5.92 Å². The first kappa shape index (κ1) is 13.9. The Hall–Kier alpha value is -0.160. The van der Waals surface area contributed by atoms with E-state index in [1.54, 1.807) is 0 Å². The first-order valence-corrected chi connectivity index (χ1v) is 6.27. The van der Waals surface area contributed by atoms with Crippen LogP contribution in [0.2, 0.25) is 0 Å². The van der Waals surface area contributed by atoms with Crippen LogP contribution in [0.15, 0.2) is 0 Å². The maximum atomic E-state index is 8.55. The van der Waals surface area contributed by atoms with E-state index in [4.69, 9.17) is 14.6 Å². The molecule has 1 heterocycles. The van der Waals surface area contributed by atoms with Gasteiger partial charge in [0.2, 0.25) is 0 Å². The van der Waals surface area contributed by atoms with Gasteiger partial charge in [-0.25, -0.2) is 0 Å². The Kier molecular flexibility index (Phi) is 6.96. The minimum atomic E-state index is 0.104. The van der Waals surface area contributed by atoms with Crippen molar-refractivity contribution < 1.29 is 14.6 Å². The van der Waals surface area contributed by atoms with E-state index in [0.29, 0.717) is 31.3 Å². The maximum absolute atomic E-state index is 8.55. The molecule has 16 heavy (non-hydrogen) atoms. The van der Waals surface area contributed by atoms with E-state index in [9.17, 15) is 0 Å². The lowest BCUT2D eigenvalue weighted by Crippen LogP contribution is -2.42. The van der Waals surface area contributed by atoms with Crippen LogP contribution in [0.25, 0.3) is 0 Å². The second-order valence-electron chi connectivity index (χ2n) is 4.66. The van der Waals surface area contributed by atoms with Gasteiger partial charge >= 0.3 is 0 Å². The zero-order chi connectivity index (χ0) is 11.8. The smallest absolute Gasteiger partial charge is 0.0698 e. The molecule has 4 heteroatoms. The molecule has 2 atom stereocenters. The Morgan fingerprint density at radius 2 is 2.25 bits per heavy atom. The number of nitrogens with one attached hydrogen (secondary N) is 1. The number of rotatable bonds is 7. The Morgan fingerprint density at radius 1 is 1.44 bits per heavy atom. The van der Waals surface area contributed by atoms with Crippen molar-refractivity contribution in [2.75, 3.05) is 33.0 Å². The predicted octanol–water partition coefficient (Wildman–Crippen LogP) is 0.788. The number of aliphatic hydroxyl groups excluding tert-OH is 1. The molecule has 1 saturated heterocycles. The van der Waals surface area contributed by atoms with Gasteiger partial charge in [-0.1, -0.05) is 13.8 Å². The normalized spacial score (nSPS) is 26.2. The van der Waals surface area contributed by atoms with Crippen molar-refractivity contribution in [1.82, 2.24) is 5.32 Å². The Labute approximate surface area is 98.3 Å². The summed E-state index contributed by atoms with van der Waals surface area (Å²) < 4.78 is 10.9. The van der Waals surface area contributed by atoms with E-state index >= 15 is 0 Å². The number of hydrogen-bond donors (Lipinski definition) is 2. The molecule has 1 aliphatic rings. The van der Waals surface area contributed by atoms with Crippen LogP contribution in [-0.4, -0.2) is 50.2 Å². The lowest BCUT2D eigenvalue weighted by atomic mass is 9.95. The standard InChI is InChI=1S/C12H25NO3/c1-10(2)12-9-11(3-6-16-12)13-4-7-15-8-5-14/h10-14H,3-9H2,1-2H3. The van der Waals surface area contributed by atoms with Gasteiger partial charge in [0, 0.05) is 19.2 Å². The molecule has 0 aliphatic carbocycles. The summed E-state index contributed by atoms with van der Waals surface area (Å²) in [6.45, 7) is 7.34. The quantitative estimate of drug-likeness (QED) is 0.636. The highest BCUT2D eigenvalue weighted by Crippen LogP contribution is 2.19. The van der Waals surface area contributed by atoms with Crippen LogP contribution >= 0.6 is 0 Å². The summed E-state index contributed by atoms with van der Waals surface area (Å²) in [7, 11) is 0. The topological polar surface area (TPSA) is 50.7 Å². The fraction of sp³-hybridized carbons (Fsp3) is 1.00. The molecule has 0 aromatic carbocycles. The third kappa shape index (κ3) is 5.25. The first-order valence-electron chi connectivity index (χ1n) is 6.27. The lowest BCUT2D eigenvalue weighted by molar-refractivity contribution is -0.0253. The monoisotopic (exact) mass is 231 g/mol. The molecule has 1 rings (SSSR count). The zero-order valence-electron chi connectivity index (χ0n) is 10.4. The first-order chi connectivity index (χ1) is 7.74. The summed E-state index contributed by atoms with van der Waals surface area (Å²) in [5.41, 5.74) is 0. The second-order valence-corrected chi connectivity index (χ2v) is 4.66. The van der Waals surface area contributed by atoms with Crippen LogP contribution in [0.3, 0.4) is 0 Å². The van der Waals surface area contributed by atoms with Gasteiger partial charge in [0.15, 0.2) is 0 Å². The molecule has 0 saturated carbocycles. The van der Waals surface area contributed by atoms with Gasteiger partial charge < -0.3 is 19.9 Å². The largest absolute Gasteiger partial charge is 0.394 e. The van der Waals surface area contributed by atoms with Gasteiger partial charge in [-0.3, -0.25) is 0 Å². The lowest BCUT2D eigenvalue weighted by Gasteiger charge is -2.32. The molecule has 0 bridgehead atoms. The fourth-order valence-corrected chi connectivity index (χ4v) is 1.98. The van der Waals surface area contributed by atoms with Crippen LogP contribution in [-0.2, 0) is 9.47 Å². The number of aliphatic hydroxyl groups is 1. The van der Waals surface area contributed by atoms with Crippen molar-refractivity contribution in [2.24, 2.45) is 5.92 Å². The summed E-state index contributed by atoms with van der Waals surface area (Å²) in [4.78, 5) is 0. The molecule has 2 unspecified atom stereocenters. The molecule has 0 spiro atoms. The molecule has 4 nitrogen and oxygen atoms in total. The van der Waals surface area contributed by atoms with Crippen molar-refractivity contribution in [1.29, 1.82) is 0 Å². The number of ether oxygens (including phenoxy) is 2. The van der Waals surface area contributed by atoms with E-state index in [0.717, 1.165) is 26.0 Å². The van der Waals surface area contributed by atoms with Crippen molar-refractivity contribution in [2.45, 2.75) is 38.8 Å². The summed E-state index contributed by atoms with van der Waals surface area (Å²) in [5.74, 6) is 0.593. The summed E-state index contributed by atoms with van der Waals surface area (Å²) >= 11 is 0. The minimum Gasteiger partial charge on any atom is -0.394 e. The molecular formula is C12H25NO3. The van der Waals surface area contributed by atoms with E-state index in [1.807, 2.05) is 0 Å². The average Bonchev–Trinajstić information content (AvgIpc) is 2.29. The van der Waals surface area contributed by atoms with E-state index < -0.39 is 0 Å². The van der Waals surface area contributed by atoms with Crippen LogP contribution in [0.1, 0.15) is 26.7 Å². The van der Waals surface area contributed by atoms with E-state index in [-0.39, 0.29) is 6.61 Å². The van der Waals surface area contributed by atoms with Gasteiger partial charge in [0.05, 0.1) is 25.9 Å². The summed E-state index contributed by atoms with van der Waals surface area (Å²) in [6, 6.07) is 0.555. The summed E-state index contributed by atoms with van der Waals surface area (Å²) in [6.07, 6.45) is 2.57.